The van der Waals surface area contributed by atoms with Crippen LogP contribution >= 0.6 is 0 Å². The van der Waals surface area contributed by atoms with Gasteiger partial charge in [-0.3, -0.25) is 0 Å². The Labute approximate surface area is 143 Å². The van der Waals surface area contributed by atoms with E-state index in [0.717, 1.165) is 37.3 Å². The van der Waals surface area contributed by atoms with Crippen molar-refractivity contribution in [3.8, 4) is 0 Å². The van der Waals surface area contributed by atoms with Gasteiger partial charge in [0.1, 0.15) is 6.61 Å². The van der Waals surface area contributed by atoms with E-state index >= 15 is 0 Å². The maximum atomic E-state index is 10.2. The smallest absolute Gasteiger partial charge is 0.162 e. The van der Waals surface area contributed by atoms with Crippen molar-refractivity contribution in [1.29, 1.82) is 0 Å². The van der Waals surface area contributed by atoms with Crippen molar-refractivity contribution >= 4 is 0 Å². The number of aliphatic hydroxyl groups excluding tert-OH is 1. The van der Waals surface area contributed by atoms with Gasteiger partial charge in [0.2, 0.25) is 0 Å². The molecule has 0 amide bonds. The van der Waals surface area contributed by atoms with E-state index in [9.17, 15) is 5.11 Å². The molecule has 24 heavy (non-hydrogen) atoms. The molecule has 1 aliphatic heterocycles. The SMILES string of the molecule is COCc1cc(C[C@@H]2CC[C@H](O)[C@@H](CNC3CCCCC3)O2)no1. The van der Waals surface area contributed by atoms with E-state index in [2.05, 4.69) is 10.5 Å². The number of methoxy groups -OCH3 is 1. The van der Waals surface area contributed by atoms with Gasteiger partial charge < -0.3 is 24.4 Å². The predicted molar refractivity (Wildman–Crippen MR) is 89.7 cm³/mol. The van der Waals surface area contributed by atoms with Crippen LogP contribution in [0.1, 0.15) is 56.4 Å². The summed E-state index contributed by atoms with van der Waals surface area (Å²) in [5, 5.41) is 17.9. The minimum atomic E-state index is -0.376. The summed E-state index contributed by atoms with van der Waals surface area (Å²) in [6.07, 6.45) is 8.40. The van der Waals surface area contributed by atoms with Crippen molar-refractivity contribution in [3.05, 3.63) is 17.5 Å². The zero-order valence-corrected chi connectivity index (χ0v) is 14.6. The summed E-state index contributed by atoms with van der Waals surface area (Å²) in [4.78, 5) is 0. The van der Waals surface area contributed by atoms with Crippen LogP contribution in [0.4, 0.5) is 0 Å². The van der Waals surface area contributed by atoms with Crippen molar-refractivity contribution < 1.29 is 19.1 Å². The second-order valence-corrected chi connectivity index (χ2v) is 7.11. The van der Waals surface area contributed by atoms with E-state index < -0.39 is 0 Å². The first-order valence-electron chi connectivity index (χ1n) is 9.25. The third kappa shape index (κ3) is 5.02. The summed E-state index contributed by atoms with van der Waals surface area (Å²) in [6, 6.07) is 2.51. The molecule has 1 aliphatic carbocycles. The van der Waals surface area contributed by atoms with Gasteiger partial charge in [0.25, 0.3) is 0 Å². The van der Waals surface area contributed by atoms with Gasteiger partial charge in [0, 0.05) is 32.2 Å². The van der Waals surface area contributed by atoms with Crippen molar-refractivity contribution in [1.82, 2.24) is 10.5 Å². The zero-order valence-electron chi connectivity index (χ0n) is 14.6. The number of hydrogen-bond donors (Lipinski definition) is 2. The number of rotatable bonds is 7. The van der Waals surface area contributed by atoms with Crippen molar-refractivity contribution in [2.24, 2.45) is 0 Å². The number of aromatic nitrogens is 1. The van der Waals surface area contributed by atoms with Crippen LogP contribution in [-0.4, -0.2) is 48.3 Å². The van der Waals surface area contributed by atoms with Gasteiger partial charge in [-0.1, -0.05) is 24.4 Å². The summed E-state index contributed by atoms with van der Waals surface area (Å²) in [5.41, 5.74) is 0.891. The van der Waals surface area contributed by atoms with Gasteiger partial charge in [0.15, 0.2) is 5.76 Å². The Morgan fingerprint density at radius 1 is 1.25 bits per heavy atom. The molecule has 6 nitrogen and oxygen atoms in total. The molecule has 3 rings (SSSR count). The molecule has 0 radical (unpaired) electrons. The lowest BCUT2D eigenvalue weighted by molar-refractivity contribution is -0.115. The van der Waals surface area contributed by atoms with Crippen molar-refractivity contribution in [2.75, 3.05) is 13.7 Å². The van der Waals surface area contributed by atoms with E-state index in [1.165, 1.54) is 32.1 Å². The fourth-order valence-electron chi connectivity index (χ4n) is 3.77. The molecule has 6 heteroatoms. The Hall–Kier alpha value is -0.950. The quantitative estimate of drug-likeness (QED) is 0.794. The molecule has 2 heterocycles. The molecule has 0 spiro atoms. The molecule has 2 aliphatic rings. The maximum Gasteiger partial charge on any atom is 0.162 e. The standard InChI is InChI=1S/C18H30N2O4/c1-22-12-16-10-14(20-24-16)9-15-7-8-17(21)18(23-15)11-19-13-5-3-2-4-6-13/h10,13,15,17-19,21H,2-9,11-12H2,1H3/t15-,17-,18+/m0/s1. The van der Waals surface area contributed by atoms with Gasteiger partial charge in [-0.15, -0.1) is 0 Å². The summed E-state index contributed by atoms with van der Waals surface area (Å²) in [5.74, 6) is 0.735. The van der Waals surface area contributed by atoms with Crippen LogP contribution in [0.3, 0.4) is 0 Å². The molecule has 0 unspecified atom stereocenters. The third-order valence-corrected chi connectivity index (χ3v) is 5.12. The largest absolute Gasteiger partial charge is 0.390 e. The molecule has 1 saturated carbocycles. The number of nitrogens with one attached hydrogen (secondary N) is 1. The maximum absolute atomic E-state index is 10.2. The lowest BCUT2D eigenvalue weighted by Crippen LogP contribution is -2.47. The fraction of sp³-hybridized carbons (Fsp3) is 0.833. The first-order valence-corrected chi connectivity index (χ1v) is 9.25. The Kier molecular flexibility index (Phi) is 6.66. The van der Waals surface area contributed by atoms with Crippen LogP contribution < -0.4 is 5.32 Å². The highest BCUT2D eigenvalue weighted by Gasteiger charge is 2.31. The summed E-state index contributed by atoms with van der Waals surface area (Å²) >= 11 is 0. The second kappa shape index (κ2) is 8.94. The summed E-state index contributed by atoms with van der Waals surface area (Å²) < 4.78 is 16.4. The van der Waals surface area contributed by atoms with E-state index in [1.54, 1.807) is 7.11 Å². The van der Waals surface area contributed by atoms with Crippen molar-refractivity contribution in [2.45, 2.75) is 82.3 Å². The lowest BCUT2D eigenvalue weighted by atomic mass is 9.94. The first kappa shape index (κ1) is 17.9. The fourth-order valence-corrected chi connectivity index (χ4v) is 3.77. The normalized spacial score (nSPS) is 29.0. The molecular weight excluding hydrogens is 308 g/mol. The average molecular weight is 338 g/mol. The minimum Gasteiger partial charge on any atom is -0.390 e. The van der Waals surface area contributed by atoms with Gasteiger partial charge in [-0.25, -0.2) is 0 Å². The molecule has 1 aromatic heterocycles. The van der Waals surface area contributed by atoms with Gasteiger partial charge in [-0.2, -0.15) is 0 Å². The number of nitrogens with zero attached hydrogens (tertiary/aromatic N) is 1. The van der Waals surface area contributed by atoms with Crippen LogP contribution in [0.15, 0.2) is 10.6 Å². The van der Waals surface area contributed by atoms with Crippen LogP contribution in [0.25, 0.3) is 0 Å². The first-order chi connectivity index (χ1) is 11.7. The average Bonchev–Trinajstić information content (AvgIpc) is 3.04. The highest BCUT2D eigenvalue weighted by molar-refractivity contribution is 5.06. The summed E-state index contributed by atoms with van der Waals surface area (Å²) in [6.45, 7) is 1.17. The molecule has 136 valence electrons. The number of hydrogen-bond acceptors (Lipinski definition) is 6. The van der Waals surface area contributed by atoms with E-state index in [0.29, 0.717) is 12.6 Å². The second-order valence-electron chi connectivity index (χ2n) is 7.11. The number of ether oxygens (including phenoxy) is 2. The Morgan fingerprint density at radius 3 is 2.88 bits per heavy atom. The lowest BCUT2D eigenvalue weighted by Gasteiger charge is -2.35. The Balaban J connectivity index is 1.46. The molecule has 3 atom stereocenters. The van der Waals surface area contributed by atoms with E-state index in [4.69, 9.17) is 14.0 Å². The molecule has 1 aromatic rings. The van der Waals surface area contributed by atoms with Crippen LogP contribution in [0.2, 0.25) is 0 Å². The number of aliphatic hydroxyl groups is 1. The van der Waals surface area contributed by atoms with E-state index in [-0.39, 0.29) is 18.3 Å². The Bertz CT molecular complexity index is 487. The highest BCUT2D eigenvalue weighted by atomic mass is 16.5. The van der Waals surface area contributed by atoms with Crippen LogP contribution in [0, 0.1) is 0 Å². The predicted octanol–water partition coefficient (Wildman–Crippen LogP) is 2.19. The molecule has 2 fully saturated rings. The minimum absolute atomic E-state index is 0.0899. The topological polar surface area (TPSA) is 76.8 Å². The highest BCUT2D eigenvalue weighted by Crippen LogP contribution is 2.23. The van der Waals surface area contributed by atoms with Gasteiger partial charge >= 0.3 is 0 Å². The summed E-state index contributed by atoms with van der Waals surface area (Å²) in [7, 11) is 1.64. The van der Waals surface area contributed by atoms with Gasteiger partial charge in [0.05, 0.1) is 24.0 Å². The molecule has 0 aromatic carbocycles. The van der Waals surface area contributed by atoms with Crippen LogP contribution in [0.5, 0.6) is 0 Å². The van der Waals surface area contributed by atoms with Crippen LogP contribution in [-0.2, 0) is 22.5 Å². The zero-order chi connectivity index (χ0) is 16.8. The molecular formula is C18H30N2O4. The third-order valence-electron chi connectivity index (χ3n) is 5.12. The van der Waals surface area contributed by atoms with E-state index in [1.807, 2.05) is 6.07 Å². The molecule has 2 N–H and O–H groups in total. The monoisotopic (exact) mass is 338 g/mol. The molecule has 0 bridgehead atoms. The van der Waals surface area contributed by atoms with Crippen molar-refractivity contribution in [3.63, 3.8) is 0 Å². The van der Waals surface area contributed by atoms with Gasteiger partial charge in [-0.05, 0) is 25.7 Å². The molecule has 1 saturated heterocycles. The Morgan fingerprint density at radius 2 is 2.08 bits per heavy atom.